The maximum atomic E-state index is 12.8. The van der Waals surface area contributed by atoms with Gasteiger partial charge in [-0.1, -0.05) is 0 Å². The molecule has 2 rings (SSSR count). The summed E-state index contributed by atoms with van der Waals surface area (Å²) in [5, 5.41) is 0. The molecule has 0 spiro atoms. The zero-order valence-electron chi connectivity index (χ0n) is 12.3. The van der Waals surface area contributed by atoms with Crippen molar-refractivity contribution < 1.29 is 22.7 Å². The zero-order chi connectivity index (χ0) is 16.3. The van der Waals surface area contributed by atoms with Crippen LogP contribution >= 0.6 is 0 Å². The summed E-state index contributed by atoms with van der Waals surface area (Å²) in [6, 6.07) is 3.42. The number of carbonyl (C=O) groups is 1. The number of halogens is 3. The van der Waals surface area contributed by atoms with Crippen LogP contribution in [0.5, 0.6) is 0 Å². The van der Waals surface area contributed by atoms with Gasteiger partial charge in [0.1, 0.15) is 0 Å². The third kappa shape index (κ3) is 3.52. The number of nitrogens with zero attached hydrogens (tertiary/aromatic N) is 1. The Morgan fingerprint density at radius 3 is 2.82 bits per heavy atom. The van der Waals surface area contributed by atoms with Gasteiger partial charge < -0.3 is 15.4 Å². The predicted molar refractivity (Wildman–Crippen MR) is 76.4 cm³/mol. The third-order valence-electron chi connectivity index (χ3n) is 3.92. The Morgan fingerprint density at radius 1 is 1.45 bits per heavy atom. The van der Waals surface area contributed by atoms with Crippen molar-refractivity contribution in [2.45, 2.75) is 38.0 Å². The molecule has 1 aromatic rings. The van der Waals surface area contributed by atoms with Crippen LogP contribution in [-0.2, 0) is 15.7 Å². The van der Waals surface area contributed by atoms with Gasteiger partial charge in [0, 0.05) is 24.3 Å². The number of fused-ring (bicyclic) bond motifs is 1. The van der Waals surface area contributed by atoms with Gasteiger partial charge in [-0.2, -0.15) is 13.2 Å². The molecule has 0 fully saturated rings. The smallest absolute Gasteiger partial charge is 0.416 e. The highest BCUT2D eigenvalue weighted by Gasteiger charge is 2.34. The van der Waals surface area contributed by atoms with Gasteiger partial charge in [-0.25, -0.2) is 0 Å². The quantitative estimate of drug-likeness (QED) is 0.670. The average molecular weight is 316 g/mol. The summed E-state index contributed by atoms with van der Waals surface area (Å²) in [5.74, 6) is 0. The van der Waals surface area contributed by atoms with Crippen molar-refractivity contribution in [1.29, 1.82) is 0 Å². The first-order chi connectivity index (χ1) is 10.3. The summed E-state index contributed by atoms with van der Waals surface area (Å²) in [6.45, 7) is 3.26. The lowest BCUT2D eigenvalue weighted by Crippen LogP contribution is -2.41. The van der Waals surface area contributed by atoms with E-state index in [0.717, 1.165) is 17.8 Å². The predicted octanol–water partition coefficient (Wildman–Crippen LogP) is 2.87. The number of hydrogen-bond acceptors (Lipinski definition) is 4. The SMILES string of the molecule is CC1CC(N)c2cc(C(F)(F)F)ccc2N1CCCOC=O. The number of carbonyl (C=O) groups excluding carboxylic acids is 1. The normalized spacial score (nSPS) is 21.4. The maximum absolute atomic E-state index is 12.8. The lowest BCUT2D eigenvalue weighted by atomic mass is 9.91. The Labute approximate surface area is 127 Å². The van der Waals surface area contributed by atoms with E-state index in [9.17, 15) is 18.0 Å². The highest BCUT2D eigenvalue weighted by molar-refractivity contribution is 5.59. The van der Waals surface area contributed by atoms with Gasteiger partial charge in [0.15, 0.2) is 0 Å². The monoisotopic (exact) mass is 316 g/mol. The van der Waals surface area contributed by atoms with Crippen molar-refractivity contribution in [1.82, 2.24) is 0 Å². The van der Waals surface area contributed by atoms with E-state index in [1.165, 1.54) is 6.07 Å². The van der Waals surface area contributed by atoms with Crippen LogP contribution in [0.1, 0.15) is 36.9 Å². The van der Waals surface area contributed by atoms with Crippen LogP contribution in [0.25, 0.3) is 0 Å². The van der Waals surface area contributed by atoms with E-state index in [1.54, 1.807) is 0 Å². The van der Waals surface area contributed by atoms with Crippen LogP contribution < -0.4 is 10.6 Å². The summed E-state index contributed by atoms with van der Waals surface area (Å²) >= 11 is 0. The number of benzene rings is 1. The second kappa shape index (κ2) is 6.56. The minimum atomic E-state index is -4.37. The van der Waals surface area contributed by atoms with Gasteiger partial charge in [-0.05, 0) is 43.5 Å². The number of anilines is 1. The molecule has 0 aliphatic carbocycles. The van der Waals surface area contributed by atoms with Crippen LogP contribution in [0.3, 0.4) is 0 Å². The molecule has 0 saturated carbocycles. The lowest BCUT2D eigenvalue weighted by Gasteiger charge is -2.40. The number of rotatable bonds is 5. The van der Waals surface area contributed by atoms with E-state index >= 15 is 0 Å². The molecule has 0 amide bonds. The highest BCUT2D eigenvalue weighted by atomic mass is 19.4. The van der Waals surface area contributed by atoms with Crippen molar-refractivity contribution in [3.05, 3.63) is 29.3 Å². The molecular formula is C15H19F3N2O2. The van der Waals surface area contributed by atoms with Crippen molar-refractivity contribution in [3.8, 4) is 0 Å². The summed E-state index contributed by atoms with van der Waals surface area (Å²) < 4.78 is 43.2. The minimum Gasteiger partial charge on any atom is -0.468 e. The van der Waals surface area contributed by atoms with E-state index in [0.29, 0.717) is 31.4 Å². The van der Waals surface area contributed by atoms with E-state index in [1.807, 2.05) is 11.8 Å². The van der Waals surface area contributed by atoms with Crippen LogP contribution in [0.4, 0.5) is 18.9 Å². The first kappa shape index (κ1) is 16.6. The van der Waals surface area contributed by atoms with Crippen LogP contribution in [0, 0.1) is 0 Å². The fraction of sp³-hybridized carbons (Fsp3) is 0.533. The Kier molecular flexibility index (Phi) is 4.95. The van der Waals surface area contributed by atoms with Crippen molar-refractivity contribution in [2.24, 2.45) is 5.73 Å². The summed E-state index contributed by atoms with van der Waals surface area (Å²) in [4.78, 5) is 12.2. The second-order valence-electron chi connectivity index (χ2n) is 5.48. The Bertz CT molecular complexity index is 534. The van der Waals surface area contributed by atoms with E-state index < -0.39 is 17.8 Å². The van der Waals surface area contributed by atoms with Gasteiger partial charge >= 0.3 is 6.18 Å². The Balaban J connectivity index is 2.24. The highest BCUT2D eigenvalue weighted by Crippen LogP contribution is 2.39. The maximum Gasteiger partial charge on any atom is 0.416 e. The number of hydrogen-bond donors (Lipinski definition) is 1. The fourth-order valence-electron chi connectivity index (χ4n) is 2.86. The fourth-order valence-corrected chi connectivity index (χ4v) is 2.86. The van der Waals surface area contributed by atoms with Crippen LogP contribution in [0.2, 0.25) is 0 Å². The molecular weight excluding hydrogens is 297 g/mol. The molecule has 0 radical (unpaired) electrons. The molecule has 1 aliphatic heterocycles. The topological polar surface area (TPSA) is 55.6 Å². The number of alkyl halides is 3. The molecule has 2 atom stereocenters. The van der Waals surface area contributed by atoms with Gasteiger partial charge in [-0.3, -0.25) is 4.79 Å². The van der Waals surface area contributed by atoms with Gasteiger partial charge in [-0.15, -0.1) is 0 Å². The Hall–Kier alpha value is -1.76. The molecule has 1 aliphatic rings. The molecule has 122 valence electrons. The molecule has 2 unspecified atom stereocenters. The largest absolute Gasteiger partial charge is 0.468 e. The first-order valence-corrected chi connectivity index (χ1v) is 7.13. The summed E-state index contributed by atoms with van der Waals surface area (Å²) in [7, 11) is 0. The molecule has 0 aromatic heterocycles. The lowest BCUT2D eigenvalue weighted by molar-refractivity contribution is -0.137. The second-order valence-corrected chi connectivity index (χ2v) is 5.48. The molecule has 7 heteroatoms. The first-order valence-electron chi connectivity index (χ1n) is 7.13. The zero-order valence-corrected chi connectivity index (χ0v) is 12.3. The molecule has 1 heterocycles. The average Bonchev–Trinajstić information content (AvgIpc) is 2.45. The molecule has 1 aromatic carbocycles. The number of ether oxygens (including phenoxy) is 1. The van der Waals surface area contributed by atoms with Gasteiger partial charge in [0.25, 0.3) is 6.47 Å². The molecule has 22 heavy (non-hydrogen) atoms. The number of nitrogens with two attached hydrogens (primary N) is 1. The van der Waals surface area contributed by atoms with Gasteiger partial charge in [0.2, 0.25) is 0 Å². The van der Waals surface area contributed by atoms with E-state index in [-0.39, 0.29) is 12.6 Å². The molecule has 0 saturated heterocycles. The minimum absolute atomic E-state index is 0.121. The van der Waals surface area contributed by atoms with Crippen LogP contribution in [0.15, 0.2) is 18.2 Å². The van der Waals surface area contributed by atoms with Crippen molar-refractivity contribution in [2.75, 3.05) is 18.1 Å². The van der Waals surface area contributed by atoms with Crippen molar-refractivity contribution >= 4 is 12.2 Å². The summed E-state index contributed by atoms with van der Waals surface area (Å²) in [6.07, 6.45) is -3.18. The van der Waals surface area contributed by atoms with Crippen molar-refractivity contribution in [3.63, 3.8) is 0 Å². The molecule has 2 N–H and O–H groups in total. The molecule has 4 nitrogen and oxygen atoms in total. The van der Waals surface area contributed by atoms with E-state index in [2.05, 4.69) is 4.74 Å². The molecule has 0 bridgehead atoms. The van der Waals surface area contributed by atoms with Gasteiger partial charge in [0.05, 0.1) is 12.2 Å². The standard InChI is InChI=1S/C15H19F3N2O2/c1-10-7-13(19)12-8-11(15(16,17)18)3-4-14(12)20(10)5-2-6-22-9-21/h3-4,8-10,13H,2,5-7,19H2,1H3. The van der Waals surface area contributed by atoms with E-state index in [4.69, 9.17) is 5.73 Å². The summed E-state index contributed by atoms with van der Waals surface area (Å²) in [5.41, 5.74) is 6.59. The Morgan fingerprint density at radius 2 is 2.18 bits per heavy atom. The van der Waals surface area contributed by atoms with Crippen LogP contribution in [-0.4, -0.2) is 25.7 Å². The third-order valence-corrected chi connectivity index (χ3v) is 3.92.